The van der Waals surface area contributed by atoms with Gasteiger partial charge in [0.1, 0.15) is 22.9 Å². The molecule has 2 aromatic rings. The number of rotatable bonds is 5. The molecule has 2 aromatic carbocycles. The number of nitrogens with one attached hydrogen (secondary N) is 1. The number of ether oxygens (including phenoxy) is 1. The minimum absolute atomic E-state index is 0.0176. The van der Waals surface area contributed by atoms with E-state index >= 15 is 0 Å². The average Bonchev–Trinajstić information content (AvgIpc) is 3.09. The number of aryl methyl sites for hydroxylation is 1. The maximum atomic E-state index is 12.8. The van der Waals surface area contributed by atoms with Gasteiger partial charge in [0.25, 0.3) is 5.91 Å². The third kappa shape index (κ3) is 5.49. The Morgan fingerprint density at radius 1 is 1.17 bits per heavy atom. The van der Waals surface area contributed by atoms with E-state index in [0.717, 1.165) is 23.1 Å². The number of amidine groups is 1. The molecule has 2 N–H and O–H groups in total. The van der Waals surface area contributed by atoms with E-state index in [9.17, 15) is 31.5 Å². The summed E-state index contributed by atoms with van der Waals surface area (Å²) in [5.74, 6) is -0.748. The monoisotopic (exact) mass is 509 g/mol. The van der Waals surface area contributed by atoms with Gasteiger partial charge in [-0.15, -0.1) is 13.2 Å². The SMILES string of the molecule is Cc1ccc(O)cc1/C=C/S(=O)(=O)N1CCC2(CC1)N=C(c1cccc(OC(F)(F)F)c1)NC2=O. The van der Waals surface area contributed by atoms with E-state index in [2.05, 4.69) is 15.0 Å². The largest absolute Gasteiger partial charge is 0.573 e. The molecule has 1 fully saturated rings. The Bertz CT molecular complexity index is 1310. The van der Waals surface area contributed by atoms with Gasteiger partial charge in [-0.1, -0.05) is 18.2 Å². The summed E-state index contributed by atoms with van der Waals surface area (Å²) < 4.78 is 68.4. The van der Waals surface area contributed by atoms with E-state index in [0.29, 0.717) is 5.56 Å². The van der Waals surface area contributed by atoms with Crippen LogP contribution < -0.4 is 10.1 Å². The van der Waals surface area contributed by atoms with Crippen molar-refractivity contribution in [1.29, 1.82) is 0 Å². The van der Waals surface area contributed by atoms with Crippen molar-refractivity contribution in [3.05, 3.63) is 64.6 Å². The molecule has 2 aliphatic heterocycles. The van der Waals surface area contributed by atoms with Crippen LogP contribution in [-0.2, 0) is 14.8 Å². The normalized spacial score (nSPS) is 18.6. The number of carbonyl (C=O) groups is 1. The topological polar surface area (TPSA) is 108 Å². The number of aromatic hydroxyl groups is 1. The highest BCUT2D eigenvalue weighted by Gasteiger charge is 2.47. The zero-order valence-corrected chi connectivity index (χ0v) is 19.4. The Morgan fingerprint density at radius 3 is 2.57 bits per heavy atom. The number of amides is 1. The number of hydrogen-bond acceptors (Lipinski definition) is 6. The number of nitrogens with zero attached hydrogens (tertiary/aromatic N) is 2. The van der Waals surface area contributed by atoms with Crippen LogP contribution in [-0.4, -0.2) is 54.6 Å². The van der Waals surface area contributed by atoms with E-state index in [4.69, 9.17) is 0 Å². The number of piperidine rings is 1. The average molecular weight is 510 g/mol. The van der Waals surface area contributed by atoms with Crippen molar-refractivity contribution < 1.29 is 36.2 Å². The maximum Gasteiger partial charge on any atom is 0.573 e. The van der Waals surface area contributed by atoms with Crippen LogP contribution in [0.1, 0.15) is 29.5 Å². The Balaban J connectivity index is 1.48. The Kier molecular flexibility index (Phi) is 6.36. The Labute approximate surface area is 199 Å². The Hall–Kier alpha value is -3.38. The summed E-state index contributed by atoms with van der Waals surface area (Å²) in [6.45, 7) is 1.86. The molecule has 1 spiro atoms. The van der Waals surface area contributed by atoms with Gasteiger partial charge in [-0.05, 0) is 61.2 Å². The lowest BCUT2D eigenvalue weighted by molar-refractivity contribution is -0.274. The number of aliphatic imine (C=N–C) groups is 1. The molecule has 0 aromatic heterocycles. The first kappa shape index (κ1) is 24.7. The number of hydrogen-bond donors (Lipinski definition) is 2. The molecule has 0 radical (unpaired) electrons. The molecule has 0 bridgehead atoms. The number of halogens is 3. The van der Waals surface area contributed by atoms with Crippen LogP contribution in [0, 0.1) is 6.92 Å². The highest BCUT2D eigenvalue weighted by molar-refractivity contribution is 7.92. The fraction of sp³-hybridized carbons (Fsp3) is 0.304. The molecule has 0 aliphatic carbocycles. The molecular formula is C23H22F3N3O5S. The minimum Gasteiger partial charge on any atom is -0.508 e. The summed E-state index contributed by atoms with van der Waals surface area (Å²) in [5, 5.41) is 13.3. The first-order valence-electron chi connectivity index (χ1n) is 10.6. The van der Waals surface area contributed by atoms with Crippen molar-refractivity contribution in [3.8, 4) is 11.5 Å². The zero-order chi connectivity index (χ0) is 25.4. The Morgan fingerprint density at radius 2 is 1.89 bits per heavy atom. The lowest BCUT2D eigenvalue weighted by Crippen LogP contribution is -2.50. The highest BCUT2D eigenvalue weighted by Crippen LogP contribution is 2.33. The second-order valence-corrected chi connectivity index (χ2v) is 10.1. The first-order chi connectivity index (χ1) is 16.4. The molecule has 186 valence electrons. The molecule has 1 amide bonds. The van der Waals surface area contributed by atoms with Crippen LogP contribution in [0.25, 0.3) is 6.08 Å². The quantitative estimate of drug-likeness (QED) is 0.643. The van der Waals surface area contributed by atoms with E-state index < -0.39 is 33.6 Å². The number of phenolic OH excluding ortho intramolecular Hbond substituents is 1. The molecule has 0 unspecified atom stereocenters. The number of carbonyl (C=O) groups excluding carboxylic acids is 1. The second-order valence-electron chi connectivity index (χ2n) is 8.31. The van der Waals surface area contributed by atoms with Crippen molar-refractivity contribution in [2.45, 2.75) is 31.7 Å². The maximum absolute atomic E-state index is 12.8. The van der Waals surface area contributed by atoms with Gasteiger partial charge in [0.2, 0.25) is 10.0 Å². The van der Waals surface area contributed by atoms with Gasteiger partial charge in [0, 0.05) is 24.1 Å². The van der Waals surface area contributed by atoms with E-state index in [1.54, 1.807) is 13.0 Å². The van der Waals surface area contributed by atoms with Crippen LogP contribution in [0.5, 0.6) is 11.5 Å². The van der Waals surface area contributed by atoms with E-state index in [1.165, 1.54) is 34.6 Å². The molecule has 4 rings (SSSR count). The van der Waals surface area contributed by atoms with Gasteiger partial charge >= 0.3 is 6.36 Å². The smallest absolute Gasteiger partial charge is 0.508 e. The number of benzene rings is 2. The second kappa shape index (κ2) is 9.00. The van der Waals surface area contributed by atoms with Gasteiger partial charge < -0.3 is 15.2 Å². The molecule has 2 aliphatic rings. The molecule has 2 heterocycles. The van der Waals surface area contributed by atoms with Gasteiger partial charge in [-0.25, -0.2) is 8.42 Å². The van der Waals surface area contributed by atoms with Crippen LogP contribution in [0.3, 0.4) is 0 Å². The van der Waals surface area contributed by atoms with Gasteiger partial charge in [-0.2, -0.15) is 4.31 Å². The summed E-state index contributed by atoms with van der Waals surface area (Å²) in [6, 6.07) is 9.75. The van der Waals surface area contributed by atoms with Crippen molar-refractivity contribution in [3.63, 3.8) is 0 Å². The van der Waals surface area contributed by atoms with Crippen LogP contribution in [0.4, 0.5) is 13.2 Å². The summed E-state index contributed by atoms with van der Waals surface area (Å²) in [6.07, 6.45) is -3.23. The van der Waals surface area contributed by atoms with Crippen LogP contribution >= 0.6 is 0 Å². The predicted molar refractivity (Wildman–Crippen MR) is 122 cm³/mol. The van der Waals surface area contributed by atoms with Crippen molar-refractivity contribution in [1.82, 2.24) is 9.62 Å². The lowest BCUT2D eigenvalue weighted by Gasteiger charge is -2.34. The van der Waals surface area contributed by atoms with Crippen LogP contribution in [0.15, 0.2) is 52.9 Å². The summed E-state index contributed by atoms with van der Waals surface area (Å²) in [5.41, 5.74) is 0.397. The number of phenols is 1. The zero-order valence-electron chi connectivity index (χ0n) is 18.5. The molecule has 12 heteroatoms. The van der Waals surface area contributed by atoms with E-state index in [-0.39, 0.29) is 43.1 Å². The van der Waals surface area contributed by atoms with Gasteiger partial charge in [0.15, 0.2) is 0 Å². The third-order valence-electron chi connectivity index (χ3n) is 5.91. The standard InChI is InChI=1S/C23H22F3N3O5S/c1-15-5-6-18(30)13-16(15)7-12-35(32,33)29-10-8-22(9-11-29)21(31)27-20(28-22)17-3-2-4-19(14-17)34-23(24,25)26/h2-7,12-14,30H,8-11H2,1H3,(H,27,28,31)/b12-7+. The molecule has 1 saturated heterocycles. The number of alkyl halides is 3. The lowest BCUT2D eigenvalue weighted by atomic mass is 9.89. The summed E-state index contributed by atoms with van der Waals surface area (Å²) in [4.78, 5) is 17.2. The van der Waals surface area contributed by atoms with Crippen molar-refractivity contribution in [2.24, 2.45) is 4.99 Å². The van der Waals surface area contributed by atoms with Crippen molar-refractivity contribution in [2.75, 3.05) is 13.1 Å². The van der Waals surface area contributed by atoms with Crippen molar-refractivity contribution >= 4 is 27.8 Å². The summed E-state index contributed by atoms with van der Waals surface area (Å²) >= 11 is 0. The predicted octanol–water partition coefficient (Wildman–Crippen LogP) is 3.31. The molecule has 35 heavy (non-hydrogen) atoms. The highest BCUT2D eigenvalue weighted by atomic mass is 32.2. The van der Waals surface area contributed by atoms with E-state index in [1.807, 2.05) is 0 Å². The first-order valence-corrected chi connectivity index (χ1v) is 12.1. The fourth-order valence-electron chi connectivity index (χ4n) is 4.00. The summed E-state index contributed by atoms with van der Waals surface area (Å²) in [7, 11) is -3.80. The number of sulfonamides is 1. The molecule has 8 nitrogen and oxygen atoms in total. The minimum atomic E-state index is -4.85. The molecule has 0 saturated carbocycles. The van der Waals surface area contributed by atoms with Gasteiger partial charge in [0.05, 0.1) is 0 Å². The third-order valence-corrected chi connectivity index (χ3v) is 7.48. The molecular weight excluding hydrogens is 487 g/mol. The van der Waals surface area contributed by atoms with Gasteiger partial charge in [-0.3, -0.25) is 9.79 Å². The fourth-order valence-corrected chi connectivity index (χ4v) is 5.18. The van der Waals surface area contributed by atoms with Crippen LogP contribution in [0.2, 0.25) is 0 Å². The molecule has 0 atom stereocenters.